The Morgan fingerprint density at radius 1 is 1.13 bits per heavy atom. The van der Waals surface area contributed by atoms with Crippen LogP contribution >= 0.6 is 0 Å². The minimum atomic E-state index is -0.674. The van der Waals surface area contributed by atoms with Crippen LogP contribution in [-0.2, 0) is 9.47 Å². The van der Waals surface area contributed by atoms with Crippen LogP contribution in [0.3, 0.4) is 0 Å². The van der Waals surface area contributed by atoms with Gasteiger partial charge in [-0.3, -0.25) is 0 Å². The fourth-order valence-electron chi connectivity index (χ4n) is 1.05. The van der Waals surface area contributed by atoms with Crippen molar-refractivity contribution < 1.29 is 14.3 Å². The van der Waals surface area contributed by atoms with E-state index < -0.39 is 6.09 Å². The number of ether oxygens (including phenoxy) is 2. The van der Waals surface area contributed by atoms with Gasteiger partial charge in [-0.25, -0.2) is 4.79 Å². The molecule has 0 aliphatic heterocycles. The van der Waals surface area contributed by atoms with Crippen molar-refractivity contribution in [3.05, 3.63) is 35.4 Å². The van der Waals surface area contributed by atoms with Gasteiger partial charge in [0.05, 0.1) is 14.2 Å². The second-order valence-corrected chi connectivity index (χ2v) is 2.96. The average Bonchev–Trinajstić information content (AvgIpc) is 2.27. The van der Waals surface area contributed by atoms with E-state index in [1.807, 2.05) is 31.2 Å². The molecular formula is C11H13NO3. The van der Waals surface area contributed by atoms with Gasteiger partial charge in [-0.2, -0.15) is 0 Å². The van der Waals surface area contributed by atoms with Crippen molar-refractivity contribution in [2.24, 2.45) is 4.99 Å². The van der Waals surface area contributed by atoms with Crippen molar-refractivity contribution in [2.75, 3.05) is 14.2 Å². The summed E-state index contributed by atoms with van der Waals surface area (Å²) in [6, 6.07) is 7.50. The van der Waals surface area contributed by atoms with E-state index in [4.69, 9.17) is 4.74 Å². The number of methoxy groups -OCH3 is 2. The molecule has 4 nitrogen and oxygen atoms in total. The minimum Gasteiger partial charge on any atom is -0.480 e. The molecular weight excluding hydrogens is 194 g/mol. The topological polar surface area (TPSA) is 47.9 Å². The Hall–Kier alpha value is -1.84. The monoisotopic (exact) mass is 207 g/mol. The van der Waals surface area contributed by atoms with E-state index in [0.29, 0.717) is 0 Å². The number of rotatable bonds is 1. The molecule has 1 aromatic rings. The maximum absolute atomic E-state index is 10.9. The van der Waals surface area contributed by atoms with E-state index in [-0.39, 0.29) is 5.90 Å². The molecule has 0 heterocycles. The first-order valence-electron chi connectivity index (χ1n) is 4.45. The third-order valence-electron chi connectivity index (χ3n) is 1.86. The first kappa shape index (κ1) is 11.2. The molecule has 0 aliphatic carbocycles. The van der Waals surface area contributed by atoms with E-state index in [2.05, 4.69) is 9.73 Å². The number of carbonyl (C=O) groups is 1. The van der Waals surface area contributed by atoms with E-state index >= 15 is 0 Å². The Morgan fingerprint density at radius 2 is 1.73 bits per heavy atom. The van der Waals surface area contributed by atoms with Crippen LogP contribution < -0.4 is 0 Å². The van der Waals surface area contributed by atoms with Gasteiger partial charge in [0.1, 0.15) is 0 Å². The average molecular weight is 207 g/mol. The molecule has 80 valence electrons. The van der Waals surface area contributed by atoms with Crippen LogP contribution in [0.25, 0.3) is 0 Å². The van der Waals surface area contributed by atoms with Gasteiger partial charge in [0.25, 0.3) is 0 Å². The lowest BCUT2D eigenvalue weighted by molar-refractivity contribution is 0.181. The van der Waals surface area contributed by atoms with Gasteiger partial charge in [-0.05, 0) is 19.1 Å². The maximum atomic E-state index is 10.9. The zero-order valence-electron chi connectivity index (χ0n) is 8.98. The zero-order valence-corrected chi connectivity index (χ0v) is 8.98. The highest BCUT2D eigenvalue weighted by Gasteiger charge is 2.06. The van der Waals surface area contributed by atoms with Gasteiger partial charge >= 0.3 is 6.09 Å². The first-order chi connectivity index (χ1) is 7.17. The molecule has 1 amide bonds. The van der Waals surface area contributed by atoms with Gasteiger partial charge in [0.2, 0.25) is 5.90 Å². The molecule has 1 aromatic carbocycles. The predicted molar refractivity (Wildman–Crippen MR) is 57.1 cm³/mol. The number of amides is 1. The van der Waals surface area contributed by atoms with Gasteiger partial charge in [0.15, 0.2) is 0 Å². The second-order valence-electron chi connectivity index (χ2n) is 2.96. The van der Waals surface area contributed by atoms with Crippen LogP contribution in [0.15, 0.2) is 29.3 Å². The van der Waals surface area contributed by atoms with Crippen molar-refractivity contribution in [2.45, 2.75) is 6.92 Å². The summed E-state index contributed by atoms with van der Waals surface area (Å²) >= 11 is 0. The Balaban J connectivity index is 2.97. The molecule has 0 unspecified atom stereocenters. The molecule has 15 heavy (non-hydrogen) atoms. The predicted octanol–water partition coefficient (Wildman–Crippen LogP) is 2.15. The number of carbonyl (C=O) groups excluding carboxylic acids is 1. The third-order valence-corrected chi connectivity index (χ3v) is 1.86. The SMILES string of the molecule is COC(=O)/N=C(/OC)c1ccc(C)cc1. The highest BCUT2D eigenvalue weighted by atomic mass is 16.5. The molecule has 0 aromatic heterocycles. The van der Waals surface area contributed by atoms with Crippen LogP contribution in [0.4, 0.5) is 4.79 Å². The smallest absolute Gasteiger partial charge is 0.436 e. The summed E-state index contributed by atoms with van der Waals surface area (Å²) in [5.74, 6) is 0.252. The van der Waals surface area contributed by atoms with E-state index in [1.54, 1.807) is 0 Å². The van der Waals surface area contributed by atoms with Crippen molar-refractivity contribution in [3.8, 4) is 0 Å². The molecule has 0 atom stereocenters. The molecule has 0 N–H and O–H groups in total. The van der Waals surface area contributed by atoms with Gasteiger partial charge < -0.3 is 9.47 Å². The van der Waals surface area contributed by atoms with E-state index in [1.165, 1.54) is 14.2 Å². The number of hydrogen-bond donors (Lipinski definition) is 0. The summed E-state index contributed by atoms with van der Waals surface area (Å²) in [7, 11) is 2.73. The first-order valence-corrected chi connectivity index (χ1v) is 4.45. The lowest BCUT2D eigenvalue weighted by Crippen LogP contribution is -2.07. The second kappa shape index (κ2) is 5.14. The molecule has 0 radical (unpaired) electrons. The molecule has 0 saturated heterocycles. The molecule has 4 heteroatoms. The largest absolute Gasteiger partial charge is 0.480 e. The van der Waals surface area contributed by atoms with Crippen molar-refractivity contribution in [3.63, 3.8) is 0 Å². The number of aliphatic imine (C=N–C) groups is 1. The van der Waals surface area contributed by atoms with Crippen molar-refractivity contribution >= 4 is 12.0 Å². The molecule has 0 fully saturated rings. The molecule has 0 bridgehead atoms. The van der Waals surface area contributed by atoms with Gasteiger partial charge in [-0.1, -0.05) is 17.7 Å². The standard InChI is InChI=1S/C11H13NO3/c1-8-4-6-9(7-5-8)10(14-2)12-11(13)15-3/h4-7H,1-3H3/b12-10+. The molecule has 1 rings (SSSR count). The van der Waals surface area contributed by atoms with E-state index in [0.717, 1.165) is 11.1 Å². The lowest BCUT2D eigenvalue weighted by atomic mass is 10.1. The number of aryl methyl sites for hydroxylation is 1. The fourth-order valence-corrected chi connectivity index (χ4v) is 1.05. The molecule has 0 aliphatic rings. The summed E-state index contributed by atoms with van der Waals surface area (Å²) in [5, 5.41) is 0. The summed E-state index contributed by atoms with van der Waals surface area (Å²) in [5.41, 5.74) is 1.88. The summed E-state index contributed by atoms with van der Waals surface area (Å²) in [4.78, 5) is 14.6. The maximum Gasteiger partial charge on any atom is 0.436 e. The Bertz CT molecular complexity index is 368. The quantitative estimate of drug-likeness (QED) is 0.523. The highest BCUT2D eigenvalue weighted by molar-refractivity contribution is 5.99. The van der Waals surface area contributed by atoms with Gasteiger partial charge in [-0.15, -0.1) is 4.99 Å². The van der Waals surface area contributed by atoms with Crippen LogP contribution in [0.1, 0.15) is 11.1 Å². The normalized spacial score (nSPS) is 11.0. The summed E-state index contributed by atoms with van der Waals surface area (Å²) < 4.78 is 9.42. The number of benzene rings is 1. The zero-order chi connectivity index (χ0) is 11.3. The van der Waals surface area contributed by atoms with Crippen LogP contribution in [0.5, 0.6) is 0 Å². The van der Waals surface area contributed by atoms with Crippen LogP contribution in [0, 0.1) is 6.92 Å². The summed E-state index contributed by atoms with van der Waals surface area (Å²) in [6.07, 6.45) is -0.674. The van der Waals surface area contributed by atoms with Crippen LogP contribution in [-0.4, -0.2) is 26.2 Å². The van der Waals surface area contributed by atoms with Crippen molar-refractivity contribution in [1.82, 2.24) is 0 Å². The highest BCUT2D eigenvalue weighted by Crippen LogP contribution is 2.05. The van der Waals surface area contributed by atoms with Gasteiger partial charge in [0, 0.05) is 5.56 Å². The molecule has 0 spiro atoms. The minimum absolute atomic E-state index is 0.252. The Kier molecular flexibility index (Phi) is 3.85. The van der Waals surface area contributed by atoms with Crippen molar-refractivity contribution in [1.29, 1.82) is 0 Å². The number of nitrogens with zero attached hydrogens (tertiary/aromatic N) is 1. The Labute approximate surface area is 88.5 Å². The third kappa shape index (κ3) is 3.09. The fraction of sp³-hybridized carbons (Fsp3) is 0.273. The van der Waals surface area contributed by atoms with Crippen LogP contribution in [0.2, 0.25) is 0 Å². The molecule has 0 saturated carbocycles. The number of hydrogen-bond acceptors (Lipinski definition) is 3. The Morgan fingerprint density at radius 3 is 2.20 bits per heavy atom. The lowest BCUT2D eigenvalue weighted by Gasteiger charge is -2.04. The summed E-state index contributed by atoms with van der Waals surface area (Å²) in [6.45, 7) is 1.98. The van der Waals surface area contributed by atoms with E-state index in [9.17, 15) is 4.79 Å².